The topological polar surface area (TPSA) is 89.4 Å². The molecule has 1 aliphatic heterocycles. The van der Waals surface area contributed by atoms with E-state index >= 15 is 0 Å². The normalized spacial score (nSPS) is 21.6. The summed E-state index contributed by atoms with van der Waals surface area (Å²) in [6.45, 7) is 4.18. The van der Waals surface area contributed by atoms with Crippen molar-refractivity contribution in [3.8, 4) is 0 Å². The van der Waals surface area contributed by atoms with Crippen molar-refractivity contribution in [1.29, 1.82) is 0 Å². The Balaban J connectivity index is 2.51. The molecule has 0 aliphatic carbocycles. The summed E-state index contributed by atoms with van der Waals surface area (Å²) < 4.78 is 0. The Morgan fingerprint density at radius 1 is 1.50 bits per heavy atom. The smallest absolute Gasteiger partial charge is 0.240 e. The Bertz CT molecular complexity index is 257. The third-order valence-corrected chi connectivity index (χ3v) is 2.28. The molecule has 2 amide bonds. The summed E-state index contributed by atoms with van der Waals surface area (Å²) in [6, 6.07) is -0.412. The van der Waals surface area contributed by atoms with Crippen molar-refractivity contribution in [1.82, 2.24) is 4.90 Å². The highest BCUT2D eigenvalue weighted by molar-refractivity contribution is 5.88. The van der Waals surface area contributed by atoms with Crippen molar-refractivity contribution >= 4 is 11.8 Å². The zero-order chi connectivity index (χ0) is 10.9. The highest BCUT2D eigenvalue weighted by Gasteiger charge is 2.37. The standard InChI is InChI=1S/C9H17N3O2/c1-9(2,11)5-7(13)12-4-3-6(12)8(10)14/h6H,3-5,11H2,1-2H3,(H2,10,14). The van der Waals surface area contributed by atoms with Gasteiger partial charge >= 0.3 is 0 Å². The molecule has 0 radical (unpaired) electrons. The average molecular weight is 199 g/mol. The molecular formula is C9H17N3O2. The maximum absolute atomic E-state index is 11.6. The second-order valence-electron chi connectivity index (χ2n) is 4.46. The van der Waals surface area contributed by atoms with Gasteiger partial charge in [-0.3, -0.25) is 9.59 Å². The van der Waals surface area contributed by atoms with E-state index < -0.39 is 17.5 Å². The van der Waals surface area contributed by atoms with Gasteiger partial charge in [-0.25, -0.2) is 0 Å². The first-order valence-electron chi connectivity index (χ1n) is 4.69. The fourth-order valence-corrected chi connectivity index (χ4v) is 1.47. The molecule has 1 heterocycles. The lowest BCUT2D eigenvalue weighted by Gasteiger charge is -2.40. The monoisotopic (exact) mass is 199 g/mol. The number of carbonyl (C=O) groups excluding carboxylic acids is 2. The highest BCUT2D eigenvalue weighted by Crippen LogP contribution is 2.19. The molecule has 0 aromatic rings. The second kappa shape index (κ2) is 3.57. The van der Waals surface area contributed by atoms with E-state index in [1.54, 1.807) is 13.8 Å². The van der Waals surface area contributed by atoms with Crippen LogP contribution in [0.15, 0.2) is 0 Å². The Morgan fingerprint density at radius 2 is 2.07 bits per heavy atom. The number of hydrogen-bond acceptors (Lipinski definition) is 3. The predicted octanol–water partition coefficient (Wildman–Crippen LogP) is -0.800. The van der Waals surface area contributed by atoms with Crippen molar-refractivity contribution < 1.29 is 9.59 Å². The third kappa shape index (κ3) is 2.45. The number of primary amides is 1. The average Bonchev–Trinajstić information content (AvgIpc) is 1.75. The van der Waals surface area contributed by atoms with Crippen LogP contribution in [0.4, 0.5) is 0 Å². The lowest BCUT2D eigenvalue weighted by Crippen LogP contribution is -2.58. The molecule has 0 saturated carbocycles. The minimum absolute atomic E-state index is 0.0902. The van der Waals surface area contributed by atoms with Crippen molar-refractivity contribution in [2.75, 3.05) is 6.54 Å². The van der Waals surface area contributed by atoms with E-state index in [4.69, 9.17) is 11.5 Å². The molecular weight excluding hydrogens is 182 g/mol. The first kappa shape index (κ1) is 11.0. The van der Waals surface area contributed by atoms with Crippen LogP contribution in [-0.2, 0) is 9.59 Å². The van der Waals surface area contributed by atoms with Crippen molar-refractivity contribution in [2.24, 2.45) is 11.5 Å². The van der Waals surface area contributed by atoms with Crippen molar-refractivity contribution in [3.63, 3.8) is 0 Å². The summed E-state index contributed by atoms with van der Waals surface area (Å²) in [5, 5.41) is 0. The number of likely N-dealkylation sites (tertiary alicyclic amines) is 1. The van der Waals surface area contributed by atoms with E-state index in [1.807, 2.05) is 0 Å². The van der Waals surface area contributed by atoms with Crippen LogP contribution in [0.25, 0.3) is 0 Å². The number of hydrogen-bond donors (Lipinski definition) is 2. The summed E-state index contributed by atoms with van der Waals surface area (Å²) in [5.41, 5.74) is 10.3. The van der Waals surface area contributed by atoms with E-state index in [-0.39, 0.29) is 12.3 Å². The largest absolute Gasteiger partial charge is 0.368 e. The molecule has 5 heteroatoms. The molecule has 1 fully saturated rings. The first-order valence-corrected chi connectivity index (χ1v) is 4.69. The van der Waals surface area contributed by atoms with E-state index in [0.29, 0.717) is 13.0 Å². The van der Waals surface area contributed by atoms with Gasteiger partial charge in [-0.2, -0.15) is 0 Å². The number of nitrogens with two attached hydrogens (primary N) is 2. The molecule has 0 aromatic carbocycles. The predicted molar refractivity (Wildman–Crippen MR) is 52.2 cm³/mol. The molecule has 4 N–H and O–H groups in total. The van der Waals surface area contributed by atoms with Gasteiger partial charge in [-0.1, -0.05) is 0 Å². The van der Waals surface area contributed by atoms with E-state index in [2.05, 4.69) is 0 Å². The second-order valence-corrected chi connectivity index (χ2v) is 4.46. The van der Waals surface area contributed by atoms with Gasteiger partial charge in [0.2, 0.25) is 11.8 Å². The number of amides is 2. The van der Waals surface area contributed by atoms with Gasteiger partial charge < -0.3 is 16.4 Å². The Morgan fingerprint density at radius 3 is 2.36 bits per heavy atom. The molecule has 0 aromatic heterocycles. The maximum atomic E-state index is 11.6. The molecule has 0 spiro atoms. The highest BCUT2D eigenvalue weighted by atomic mass is 16.2. The molecule has 1 saturated heterocycles. The molecule has 5 nitrogen and oxygen atoms in total. The Hall–Kier alpha value is -1.10. The molecule has 80 valence electrons. The van der Waals surface area contributed by atoms with Crippen LogP contribution in [-0.4, -0.2) is 34.8 Å². The molecule has 1 atom stereocenters. The van der Waals surface area contributed by atoms with Crippen molar-refractivity contribution in [3.05, 3.63) is 0 Å². The zero-order valence-corrected chi connectivity index (χ0v) is 8.62. The van der Waals surface area contributed by atoms with E-state index in [0.717, 1.165) is 0 Å². The molecule has 1 aliphatic rings. The fourth-order valence-electron chi connectivity index (χ4n) is 1.47. The van der Waals surface area contributed by atoms with Gasteiger partial charge in [0.1, 0.15) is 6.04 Å². The number of carbonyl (C=O) groups is 2. The van der Waals surface area contributed by atoms with E-state index in [1.165, 1.54) is 4.90 Å². The summed E-state index contributed by atoms with van der Waals surface area (Å²) in [4.78, 5) is 24.0. The lowest BCUT2D eigenvalue weighted by atomic mass is 9.96. The fraction of sp³-hybridized carbons (Fsp3) is 0.778. The van der Waals surface area contributed by atoms with Crippen LogP contribution in [0.1, 0.15) is 26.7 Å². The SMILES string of the molecule is CC(C)(N)CC(=O)N1CCC1C(N)=O. The summed E-state index contributed by atoms with van der Waals surface area (Å²) in [6.07, 6.45) is 0.919. The molecule has 1 unspecified atom stereocenters. The number of nitrogens with zero attached hydrogens (tertiary/aromatic N) is 1. The number of rotatable bonds is 3. The van der Waals surface area contributed by atoms with Crippen LogP contribution in [0.3, 0.4) is 0 Å². The maximum Gasteiger partial charge on any atom is 0.240 e. The first-order chi connectivity index (χ1) is 6.31. The molecule has 0 bridgehead atoms. The van der Waals surface area contributed by atoms with Crippen LogP contribution in [0, 0.1) is 0 Å². The lowest BCUT2D eigenvalue weighted by molar-refractivity contribution is -0.146. The van der Waals surface area contributed by atoms with E-state index in [9.17, 15) is 9.59 Å². The van der Waals surface area contributed by atoms with Gasteiger partial charge in [-0.05, 0) is 20.3 Å². The minimum atomic E-state index is -0.533. The van der Waals surface area contributed by atoms with Crippen LogP contribution < -0.4 is 11.5 Å². The van der Waals surface area contributed by atoms with Gasteiger partial charge in [0.05, 0.1) is 0 Å². The third-order valence-electron chi connectivity index (χ3n) is 2.28. The van der Waals surface area contributed by atoms with Gasteiger partial charge in [0, 0.05) is 18.5 Å². The van der Waals surface area contributed by atoms with Gasteiger partial charge in [0.15, 0.2) is 0 Å². The molecule has 14 heavy (non-hydrogen) atoms. The van der Waals surface area contributed by atoms with Gasteiger partial charge in [-0.15, -0.1) is 0 Å². The summed E-state index contributed by atoms with van der Waals surface area (Å²) in [7, 11) is 0. The van der Waals surface area contributed by atoms with Crippen LogP contribution >= 0.6 is 0 Å². The zero-order valence-electron chi connectivity index (χ0n) is 8.62. The Kier molecular flexibility index (Phi) is 2.80. The summed E-state index contributed by atoms with van der Waals surface area (Å²) in [5.74, 6) is -0.521. The molecule has 1 rings (SSSR count). The summed E-state index contributed by atoms with van der Waals surface area (Å²) >= 11 is 0. The van der Waals surface area contributed by atoms with Crippen LogP contribution in [0.5, 0.6) is 0 Å². The Labute approximate surface area is 83.4 Å². The van der Waals surface area contributed by atoms with Crippen LogP contribution in [0.2, 0.25) is 0 Å². The van der Waals surface area contributed by atoms with Gasteiger partial charge in [0.25, 0.3) is 0 Å². The quantitative estimate of drug-likeness (QED) is 0.623. The van der Waals surface area contributed by atoms with Crippen molar-refractivity contribution in [2.45, 2.75) is 38.3 Å². The minimum Gasteiger partial charge on any atom is -0.368 e.